The molecule has 0 unspecified atom stereocenters. The summed E-state index contributed by atoms with van der Waals surface area (Å²) in [5, 5.41) is 0. The molecular formula is C16H13N4+. The van der Waals surface area contributed by atoms with Crippen LogP contribution in [0.4, 0.5) is 0 Å². The van der Waals surface area contributed by atoms with Crippen molar-refractivity contribution in [3.05, 3.63) is 54.5 Å². The monoisotopic (exact) mass is 261 g/mol. The second kappa shape index (κ2) is 3.28. The average molecular weight is 261 g/mol. The predicted molar refractivity (Wildman–Crippen MR) is 76.4 cm³/mol. The van der Waals surface area contributed by atoms with Crippen LogP contribution in [0.3, 0.4) is 0 Å². The van der Waals surface area contributed by atoms with E-state index in [1.165, 1.54) is 28.1 Å². The first-order valence-corrected chi connectivity index (χ1v) is 6.76. The smallest absolute Gasteiger partial charge is 0.261 e. The Labute approximate surface area is 115 Å². The highest BCUT2D eigenvalue weighted by Gasteiger charge is 2.30. The van der Waals surface area contributed by atoms with Crippen molar-refractivity contribution in [3.63, 3.8) is 0 Å². The predicted octanol–water partition coefficient (Wildman–Crippen LogP) is 2.14. The number of benzene rings is 1. The van der Waals surface area contributed by atoms with Gasteiger partial charge in [0.25, 0.3) is 0 Å². The molecule has 0 radical (unpaired) electrons. The van der Waals surface area contributed by atoms with Crippen molar-refractivity contribution < 1.29 is 4.57 Å². The normalized spacial score (nSPS) is 13.1. The van der Waals surface area contributed by atoms with Crippen molar-refractivity contribution in [1.82, 2.24) is 14.0 Å². The molecule has 1 aliphatic rings. The molecule has 0 amide bonds. The SMILES string of the molecule is C[n+]1c2ccncc2n2cc3n(c21)Cc1ccccc1-3. The molecule has 0 aliphatic carbocycles. The van der Waals surface area contributed by atoms with Crippen LogP contribution in [0, 0.1) is 0 Å². The minimum atomic E-state index is 0.944. The van der Waals surface area contributed by atoms with E-state index in [4.69, 9.17) is 0 Å². The molecule has 0 saturated carbocycles. The maximum absolute atomic E-state index is 4.26. The fourth-order valence-corrected chi connectivity index (χ4v) is 3.41. The van der Waals surface area contributed by atoms with Crippen molar-refractivity contribution in [2.45, 2.75) is 6.54 Å². The summed E-state index contributed by atoms with van der Waals surface area (Å²) in [6, 6.07) is 10.7. The van der Waals surface area contributed by atoms with Gasteiger partial charge < -0.3 is 0 Å². The third-order valence-electron chi connectivity index (χ3n) is 4.32. The fraction of sp³-hybridized carbons (Fsp3) is 0.125. The first-order valence-electron chi connectivity index (χ1n) is 6.76. The highest BCUT2D eigenvalue weighted by molar-refractivity contribution is 5.78. The van der Waals surface area contributed by atoms with Crippen LogP contribution in [0.1, 0.15) is 5.56 Å². The lowest BCUT2D eigenvalue weighted by Crippen LogP contribution is -2.29. The van der Waals surface area contributed by atoms with Gasteiger partial charge in [-0.15, -0.1) is 0 Å². The van der Waals surface area contributed by atoms with Gasteiger partial charge in [0.05, 0.1) is 19.8 Å². The second-order valence-corrected chi connectivity index (χ2v) is 5.35. The molecule has 0 spiro atoms. The van der Waals surface area contributed by atoms with Gasteiger partial charge in [-0.1, -0.05) is 24.3 Å². The van der Waals surface area contributed by atoms with Gasteiger partial charge in [-0.3, -0.25) is 4.98 Å². The Morgan fingerprint density at radius 1 is 1.20 bits per heavy atom. The number of hydrogen-bond acceptors (Lipinski definition) is 1. The van der Waals surface area contributed by atoms with Gasteiger partial charge in [0.1, 0.15) is 17.4 Å². The number of imidazole rings is 2. The molecule has 3 aromatic heterocycles. The van der Waals surface area contributed by atoms with Crippen LogP contribution in [0.5, 0.6) is 0 Å². The van der Waals surface area contributed by atoms with Crippen LogP contribution in [0.2, 0.25) is 0 Å². The van der Waals surface area contributed by atoms with Crippen molar-refractivity contribution in [1.29, 1.82) is 0 Å². The van der Waals surface area contributed by atoms with Gasteiger partial charge in [-0.2, -0.15) is 4.40 Å². The van der Waals surface area contributed by atoms with Gasteiger partial charge in [-0.25, -0.2) is 9.13 Å². The topological polar surface area (TPSA) is 26.1 Å². The van der Waals surface area contributed by atoms with E-state index in [9.17, 15) is 0 Å². The lowest BCUT2D eigenvalue weighted by Gasteiger charge is -1.93. The molecule has 4 nitrogen and oxygen atoms in total. The van der Waals surface area contributed by atoms with Gasteiger partial charge >= 0.3 is 5.78 Å². The Hall–Kier alpha value is -2.62. The third-order valence-corrected chi connectivity index (χ3v) is 4.32. The van der Waals surface area contributed by atoms with E-state index >= 15 is 0 Å². The molecule has 20 heavy (non-hydrogen) atoms. The van der Waals surface area contributed by atoms with Gasteiger partial charge in [0, 0.05) is 11.8 Å². The summed E-state index contributed by atoms with van der Waals surface area (Å²) in [5.41, 5.74) is 6.39. The molecule has 1 aliphatic heterocycles. The number of fused-ring (bicyclic) bond motifs is 7. The van der Waals surface area contributed by atoms with Crippen molar-refractivity contribution in [3.8, 4) is 11.3 Å². The highest BCUT2D eigenvalue weighted by atomic mass is 15.3. The summed E-state index contributed by atoms with van der Waals surface area (Å²) in [7, 11) is 2.12. The minimum absolute atomic E-state index is 0.944. The second-order valence-electron chi connectivity index (χ2n) is 5.35. The molecule has 96 valence electrons. The van der Waals surface area contributed by atoms with Crippen LogP contribution < -0.4 is 4.57 Å². The lowest BCUT2D eigenvalue weighted by atomic mass is 10.1. The van der Waals surface area contributed by atoms with E-state index in [0.29, 0.717) is 0 Å². The first kappa shape index (κ1) is 10.2. The minimum Gasteiger partial charge on any atom is -0.261 e. The Balaban J connectivity index is 1.97. The molecule has 1 aromatic carbocycles. The van der Waals surface area contributed by atoms with Gasteiger partial charge in [0.15, 0.2) is 5.52 Å². The van der Waals surface area contributed by atoms with Crippen LogP contribution in [0.15, 0.2) is 48.9 Å². The number of aryl methyl sites for hydroxylation is 1. The molecule has 5 rings (SSSR count). The molecule has 0 fully saturated rings. The fourth-order valence-electron chi connectivity index (χ4n) is 3.41. The number of nitrogens with zero attached hydrogens (tertiary/aromatic N) is 4. The quantitative estimate of drug-likeness (QED) is 0.392. The largest absolute Gasteiger partial charge is 0.370 e. The molecule has 0 bridgehead atoms. The number of pyridine rings is 1. The van der Waals surface area contributed by atoms with Crippen LogP contribution in [0.25, 0.3) is 28.1 Å². The zero-order chi connectivity index (χ0) is 13.3. The average Bonchev–Trinajstić information content (AvgIpc) is 3.09. The molecule has 4 heteroatoms. The lowest BCUT2D eigenvalue weighted by molar-refractivity contribution is -0.621. The Morgan fingerprint density at radius 2 is 2.10 bits per heavy atom. The van der Waals surface area contributed by atoms with E-state index in [0.717, 1.165) is 12.1 Å². The van der Waals surface area contributed by atoms with E-state index in [1.54, 1.807) is 0 Å². The Morgan fingerprint density at radius 3 is 3.05 bits per heavy atom. The van der Waals surface area contributed by atoms with Crippen LogP contribution >= 0.6 is 0 Å². The molecule has 0 atom stereocenters. The Bertz CT molecular complexity index is 990. The summed E-state index contributed by atoms with van der Waals surface area (Å²) in [6.07, 6.45) is 6.01. The molecule has 0 N–H and O–H groups in total. The zero-order valence-corrected chi connectivity index (χ0v) is 11.1. The van der Waals surface area contributed by atoms with Crippen molar-refractivity contribution in [2.24, 2.45) is 7.05 Å². The maximum Gasteiger partial charge on any atom is 0.370 e. The van der Waals surface area contributed by atoms with E-state index < -0.39 is 0 Å². The number of rotatable bonds is 0. The van der Waals surface area contributed by atoms with E-state index in [2.05, 4.69) is 62.1 Å². The van der Waals surface area contributed by atoms with Crippen LogP contribution in [-0.4, -0.2) is 14.0 Å². The molecular weight excluding hydrogens is 248 g/mol. The number of hydrogen-bond donors (Lipinski definition) is 0. The summed E-state index contributed by atoms with van der Waals surface area (Å²) >= 11 is 0. The molecule has 0 saturated heterocycles. The zero-order valence-electron chi connectivity index (χ0n) is 11.1. The number of aromatic nitrogens is 4. The summed E-state index contributed by atoms with van der Waals surface area (Å²) in [5.74, 6) is 1.21. The maximum atomic E-state index is 4.26. The van der Waals surface area contributed by atoms with Gasteiger partial charge in [-0.05, 0) is 11.6 Å². The summed E-state index contributed by atoms with van der Waals surface area (Å²) < 4.78 is 6.87. The van der Waals surface area contributed by atoms with Gasteiger partial charge in [0.2, 0.25) is 0 Å². The van der Waals surface area contributed by atoms with E-state index in [1.807, 2.05) is 12.4 Å². The summed E-state index contributed by atoms with van der Waals surface area (Å²) in [6.45, 7) is 0.944. The highest BCUT2D eigenvalue weighted by Crippen LogP contribution is 2.34. The molecule has 4 heterocycles. The van der Waals surface area contributed by atoms with E-state index in [-0.39, 0.29) is 0 Å². The van der Waals surface area contributed by atoms with Crippen molar-refractivity contribution in [2.75, 3.05) is 0 Å². The first-order chi connectivity index (χ1) is 9.84. The summed E-state index contributed by atoms with van der Waals surface area (Å²) in [4.78, 5) is 4.26. The Kier molecular flexibility index (Phi) is 1.67. The third kappa shape index (κ3) is 1.04. The van der Waals surface area contributed by atoms with Crippen LogP contribution in [-0.2, 0) is 13.6 Å². The standard InChI is InChI=1S/C16H13N4/c1-18-13-6-7-17-8-14(13)20-10-15-12-5-3-2-4-11(12)9-19(15)16(18)20/h2-8,10H,9H2,1H3/q+1. The van der Waals surface area contributed by atoms with Crippen molar-refractivity contribution >= 4 is 16.8 Å². The molecule has 4 aromatic rings.